The van der Waals surface area contributed by atoms with Gasteiger partial charge in [0.1, 0.15) is 12.6 Å². The van der Waals surface area contributed by atoms with E-state index >= 15 is 0 Å². The topological polar surface area (TPSA) is 46.2 Å². The lowest BCUT2D eigenvalue weighted by Gasteiger charge is -2.22. The Hall–Kier alpha value is -1.28. The highest BCUT2D eigenvalue weighted by Gasteiger charge is 2.41. The number of hydrogen-bond donors (Lipinski definition) is 2. The fourth-order valence-electron chi connectivity index (χ4n) is 1.17. The number of aliphatic hydroxyl groups is 1. The van der Waals surface area contributed by atoms with Crippen LogP contribution in [-0.2, 0) is 0 Å². The van der Waals surface area contributed by atoms with Crippen LogP contribution in [0.1, 0.15) is 11.6 Å². The van der Waals surface area contributed by atoms with E-state index in [-0.39, 0.29) is 6.07 Å². The summed E-state index contributed by atoms with van der Waals surface area (Å²) >= 11 is 0. The van der Waals surface area contributed by atoms with Gasteiger partial charge < -0.3 is 10.8 Å². The third-order valence-corrected chi connectivity index (χ3v) is 2.12. The molecule has 3 N–H and O–H groups in total. The lowest BCUT2D eigenvalue weighted by atomic mass is 10.00. The number of aliphatic hydroxyl groups excluding tert-OH is 1. The zero-order valence-electron chi connectivity index (χ0n) is 8.15. The van der Waals surface area contributed by atoms with E-state index in [1.807, 2.05) is 0 Å². The third-order valence-electron chi connectivity index (χ3n) is 2.12. The molecule has 0 saturated carbocycles. The largest absolute Gasteiger partial charge is 0.390 e. The SMILES string of the molecule is N[C@@H](c1c(F)c(F)cc(F)c1F)C(F)(F)CO. The van der Waals surface area contributed by atoms with E-state index < -0.39 is 47.4 Å². The van der Waals surface area contributed by atoms with Crippen molar-refractivity contribution in [2.24, 2.45) is 5.73 Å². The Morgan fingerprint density at radius 3 is 1.88 bits per heavy atom. The highest BCUT2D eigenvalue weighted by Crippen LogP contribution is 2.33. The molecule has 8 heteroatoms. The molecule has 0 aromatic heterocycles. The lowest BCUT2D eigenvalue weighted by Crippen LogP contribution is -2.37. The number of halogens is 6. The Bertz CT molecular complexity index is 410. The highest BCUT2D eigenvalue weighted by atomic mass is 19.3. The van der Waals surface area contributed by atoms with Gasteiger partial charge in [-0.2, -0.15) is 0 Å². The highest BCUT2D eigenvalue weighted by molar-refractivity contribution is 5.27. The van der Waals surface area contributed by atoms with E-state index in [0.717, 1.165) is 0 Å². The number of rotatable bonds is 3. The maximum Gasteiger partial charge on any atom is 0.289 e. The van der Waals surface area contributed by atoms with Crippen LogP contribution in [0.4, 0.5) is 26.3 Å². The van der Waals surface area contributed by atoms with Gasteiger partial charge >= 0.3 is 0 Å². The normalized spacial score (nSPS) is 13.9. The molecule has 1 aromatic rings. The molecule has 17 heavy (non-hydrogen) atoms. The second-order valence-corrected chi connectivity index (χ2v) is 3.28. The Balaban J connectivity index is 3.41. The predicted molar refractivity (Wildman–Crippen MR) is 45.2 cm³/mol. The third kappa shape index (κ3) is 2.37. The van der Waals surface area contributed by atoms with E-state index in [0.29, 0.717) is 0 Å². The van der Waals surface area contributed by atoms with Gasteiger partial charge in [0.15, 0.2) is 23.3 Å². The van der Waals surface area contributed by atoms with Crippen LogP contribution in [-0.4, -0.2) is 17.6 Å². The van der Waals surface area contributed by atoms with Gasteiger partial charge in [-0.1, -0.05) is 0 Å². The van der Waals surface area contributed by atoms with E-state index in [9.17, 15) is 26.3 Å². The van der Waals surface area contributed by atoms with Crippen molar-refractivity contribution < 1.29 is 31.4 Å². The Kier molecular flexibility index (Phi) is 3.68. The predicted octanol–water partition coefficient (Wildman–Crippen LogP) is 1.87. The van der Waals surface area contributed by atoms with Crippen molar-refractivity contribution >= 4 is 0 Å². The zero-order valence-corrected chi connectivity index (χ0v) is 8.15. The summed E-state index contributed by atoms with van der Waals surface area (Å²) in [7, 11) is 0. The molecule has 0 saturated heterocycles. The molecule has 1 aromatic carbocycles. The summed E-state index contributed by atoms with van der Waals surface area (Å²) in [5.41, 5.74) is 3.16. The van der Waals surface area contributed by atoms with Crippen LogP contribution in [0.5, 0.6) is 0 Å². The Labute approximate surface area is 91.7 Å². The van der Waals surface area contributed by atoms with E-state index in [2.05, 4.69) is 0 Å². The second-order valence-electron chi connectivity index (χ2n) is 3.28. The van der Waals surface area contributed by atoms with Crippen molar-refractivity contribution in [1.29, 1.82) is 0 Å². The van der Waals surface area contributed by atoms with Crippen LogP contribution in [0.15, 0.2) is 6.07 Å². The van der Waals surface area contributed by atoms with Crippen LogP contribution in [0.25, 0.3) is 0 Å². The van der Waals surface area contributed by atoms with Crippen LogP contribution < -0.4 is 5.73 Å². The fourth-order valence-corrected chi connectivity index (χ4v) is 1.17. The van der Waals surface area contributed by atoms with Crippen molar-refractivity contribution in [3.8, 4) is 0 Å². The van der Waals surface area contributed by atoms with E-state index in [1.165, 1.54) is 0 Å². The van der Waals surface area contributed by atoms with Gasteiger partial charge in [0.2, 0.25) is 0 Å². The number of hydrogen-bond acceptors (Lipinski definition) is 2. The maximum atomic E-state index is 13.1. The quantitative estimate of drug-likeness (QED) is 0.643. The smallest absolute Gasteiger partial charge is 0.289 e. The molecule has 0 aliphatic rings. The van der Waals surface area contributed by atoms with Crippen molar-refractivity contribution in [1.82, 2.24) is 0 Å². The first kappa shape index (κ1) is 13.8. The summed E-state index contributed by atoms with van der Waals surface area (Å²) < 4.78 is 77.4. The van der Waals surface area contributed by atoms with Gasteiger partial charge in [-0.15, -0.1) is 0 Å². The minimum Gasteiger partial charge on any atom is -0.390 e. The molecule has 0 bridgehead atoms. The number of nitrogens with two attached hydrogens (primary N) is 1. The van der Waals surface area contributed by atoms with Gasteiger partial charge in [-0.25, -0.2) is 26.3 Å². The van der Waals surface area contributed by atoms with Crippen LogP contribution >= 0.6 is 0 Å². The van der Waals surface area contributed by atoms with Gasteiger partial charge in [0, 0.05) is 6.07 Å². The summed E-state index contributed by atoms with van der Waals surface area (Å²) in [4.78, 5) is 0. The van der Waals surface area contributed by atoms with Gasteiger partial charge in [0.25, 0.3) is 5.92 Å². The first-order chi connectivity index (χ1) is 7.72. The number of alkyl halides is 2. The van der Waals surface area contributed by atoms with Gasteiger partial charge in [-0.3, -0.25) is 0 Å². The molecule has 1 rings (SSSR count). The molecule has 0 radical (unpaired) electrons. The van der Waals surface area contributed by atoms with Crippen molar-refractivity contribution in [2.75, 3.05) is 6.61 Å². The van der Waals surface area contributed by atoms with E-state index in [4.69, 9.17) is 10.8 Å². The first-order valence-electron chi connectivity index (χ1n) is 4.29. The van der Waals surface area contributed by atoms with Gasteiger partial charge in [0.05, 0.1) is 5.56 Å². The van der Waals surface area contributed by atoms with Crippen LogP contribution in [0.3, 0.4) is 0 Å². The molecule has 0 fully saturated rings. The van der Waals surface area contributed by atoms with Crippen LogP contribution in [0.2, 0.25) is 0 Å². The first-order valence-corrected chi connectivity index (χ1v) is 4.29. The monoisotopic (exact) mass is 259 g/mol. The summed E-state index contributed by atoms with van der Waals surface area (Å²) in [5.74, 6) is -11.8. The molecular weight excluding hydrogens is 252 g/mol. The molecule has 2 nitrogen and oxygen atoms in total. The molecule has 1 atom stereocenters. The lowest BCUT2D eigenvalue weighted by molar-refractivity contribution is -0.0728. The molecule has 0 unspecified atom stereocenters. The minimum absolute atomic E-state index is 0.127. The Morgan fingerprint density at radius 2 is 1.53 bits per heavy atom. The second kappa shape index (κ2) is 4.53. The van der Waals surface area contributed by atoms with E-state index in [1.54, 1.807) is 0 Å². The number of benzene rings is 1. The summed E-state index contributed by atoms with van der Waals surface area (Å²) in [6.07, 6.45) is 0. The molecule has 0 spiro atoms. The maximum absolute atomic E-state index is 13.1. The summed E-state index contributed by atoms with van der Waals surface area (Å²) in [6, 6.07) is -2.82. The van der Waals surface area contributed by atoms with Crippen molar-refractivity contribution in [3.05, 3.63) is 34.9 Å². The molecule has 96 valence electrons. The zero-order chi connectivity index (χ0) is 13.4. The fraction of sp³-hybridized carbons (Fsp3) is 0.333. The average Bonchev–Trinajstić information content (AvgIpc) is 2.26. The molecule has 0 aliphatic heterocycles. The molecule has 0 amide bonds. The molecule has 0 aliphatic carbocycles. The minimum atomic E-state index is -4.11. The molecule has 0 heterocycles. The summed E-state index contributed by atoms with van der Waals surface area (Å²) in [6.45, 7) is -1.81. The van der Waals surface area contributed by atoms with Crippen LogP contribution in [0, 0.1) is 23.3 Å². The summed E-state index contributed by atoms with van der Waals surface area (Å²) in [5, 5.41) is 8.28. The van der Waals surface area contributed by atoms with Gasteiger partial charge in [-0.05, 0) is 0 Å². The Morgan fingerprint density at radius 1 is 1.12 bits per heavy atom. The van der Waals surface area contributed by atoms with Crippen molar-refractivity contribution in [3.63, 3.8) is 0 Å². The average molecular weight is 259 g/mol. The molecular formula is C9H7F6NO. The van der Waals surface area contributed by atoms with Crippen molar-refractivity contribution in [2.45, 2.75) is 12.0 Å². The standard InChI is InChI=1S/C9H7F6NO/c10-3-1-4(11)7(13)5(6(3)12)8(16)9(14,15)2-17/h1,8,17H,2,16H2/t8-/m0/s1.